The van der Waals surface area contributed by atoms with Crippen LogP contribution in [-0.2, 0) is 0 Å². The van der Waals surface area contributed by atoms with Gasteiger partial charge in [-0.1, -0.05) is 127 Å². The molecule has 1 aliphatic rings. The van der Waals surface area contributed by atoms with Crippen molar-refractivity contribution in [2.75, 3.05) is 0 Å². The molecule has 0 aliphatic carbocycles. The van der Waals surface area contributed by atoms with Gasteiger partial charge in [0.05, 0.1) is 16.7 Å². The second-order valence-corrected chi connectivity index (χ2v) is 15.8. The number of rotatable bonds is 4. The summed E-state index contributed by atoms with van der Waals surface area (Å²) >= 11 is 3.65. The average molecular weight is 726 g/mol. The van der Waals surface area contributed by atoms with E-state index in [1.165, 1.54) is 57.2 Å². The van der Waals surface area contributed by atoms with Gasteiger partial charge in [-0.3, -0.25) is 9.13 Å². The van der Waals surface area contributed by atoms with Crippen LogP contribution >= 0.6 is 23.1 Å². The number of para-hydroxylation sites is 3. The first-order valence-corrected chi connectivity index (χ1v) is 19.6. The molecule has 7 heteroatoms. The van der Waals surface area contributed by atoms with Gasteiger partial charge in [0.1, 0.15) is 5.65 Å². The van der Waals surface area contributed by atoms with Crippen LogP contribution in [0.1, 0.15) is 0 Å². The minimum absolute atomic E-state index is 0.583. The van der Waals surface area contributed by atoms with Crippen LogP contribution in [0.25, 0.3) is 98.5 Å². The Kier molecular flexibility index (Phi) is 6.37. The molecule has 0 spiro atoms. The number of aromatic nitrogens is 5. The van der Waals surface area contributed by atoms with Crippen molar-refractivity contribution in [1.29, 1.82) is 0 Å². The highest BCUT2D eigenvalue weighted by molar-refractivity contribution is 7.99. The molecule has 0 N–H and O–H groups in total. The number of thiophene rings is 1. The molecule has 5 heterocycles. The third-order valence-corrected chi connectivity index (χ3v) is 12.9. The average Bonchev–Trinajstić information content (AvgIpc) is 3.90. The van der Waals surface area contributed by atoms with E-state index in [0.717, 1.165) is 33.5 Å². The van der Waals surface area contributed by atoms with Crippen LogP contribution in [0, 0.1) is 0 Å². The van der Waals surface area contributed by atoms with Crippen LogP contribution in [0.2, 0.25) is 0 Å². The van der Waals surface area contributed by atoms with Gasteiger partial charge < -0.3 is 0 Å². The smallest absolute Gasteiger partial charge is 0.239 e. The number of fused-ring (bicyclic) bond motifs is 10. The summed E-state index contributed by atoms with van der Waals surface area (Å²) < 4.78 is 7.20. The first kappa shape index (κ1) is 30.0. The van der Waals surface area contributed by atoms with E-state index in [4.69, 9.17) is 15.0 Å². The van der Waals surface area contributed by atoms with Crippen molar-refractivity contribution in [1.82, 2.24) is 24.1 Å². The lowest BCUT2D eigenvalue weighted by Gasteiger charge is -2.20. The van der Waals surface area contributed by atoms with Crippen molar-refractivity contribution in [3.63, 3.8) is 0 Å². The Morgan fingerprint density at radius 1 is 0.426 bits per heavy atom. The van der Waals surface area contributed by atoms with Gasteiger partial charge >= 0.3 is 0 Å². The Morgan fingerprint density at radius 3 is 1.96 bits per heavy atom. The molecule has 252 valence electrons. The molecule has 12 rings (SSSR count). The fourth-order valence-electron chi connectivity index (χ4n) is 8.16. The predicted molar refractivity (Wildman–Crippen MR) is 224 cm³/mol. The van der Waals surface area contributed by atoms with E-state index < -0.39 is 0 Å². The zero-order chi connectivity index (χ0) is 35.3. The number of hydrogen-bond donors (Lipinski definition) is 0. The van der Waals surface area contributed by atoms with Crippen LogP contribution in [0.3, 0.4) is 0 Å². The fraction of sp³-hybridized carbons (Fsp3) is 0. The second-order valence-electron chi connectivity index (χ2n) is 13.6. The Hall–Kier alpha value is -6.54. The van der Waals surface area contributed by atoms with Crippen molar-refractivity contribution in [3.05, 3.63) is 164 Å². The monoisotopic (exact) mass is 725 g/mol. The molecule has 1 aliphatic heterocycles. The highest BCUT2D eigenvalue weighted by Crippen LogP contribution is 2.49. The molecule has 11 aromatic rings. The molecule has 0 fully saturated rings. The lowest BCUT2D eigenvalue weighted by Crippen LogP contribution is -2.10. The van der Waals surface area contributed by atoms with Crippen molar-refractivity contribution < 1.29 is 0 Å². The van der Waals surface area contributed by atoms with Gasteiger partial charge in [0.25, 0.3) is 0 Å². The summed E-state index contributed by atoms with van der Waals surface area (Å²) in [6, 6.07) is 58.2. The fourth-order valence-corrected chi connectivity index (χ4v) is 10.3. The number of hydrogen-bond acceptors (Lipinski definition) is 5. The van der Waals surface area contributed by atoms with E-state index in [1.54, 1.807) is 0 Å². The molecule has 4 aromatic heterocycles. The third-order valence-electron chi connectivity index (χ3n) is 10.6. The summed E-state index contributed by atoms with van der Waals surface area (Å²) in [7, 11) is 0. The van der Waals surface area contributed by atoms with E-state index in [2.05, 4.69) is 167 Å². The summed E-state index contributed by atoms with van der Waals surface area (Å²) in [5.41, 5.74) is 8.68. The maximum absolute atomic E-state index is 5.38. The van der Waals surface area contributed by atoms with E-state index in [1.807, 2.05) is 29.2 Å². The van der Waals surface area contributed by atoms with Gasteiger partial charge in [-0.15, -0.1) is 11.3 Å². The molecule has 54 heavy (non-hydrogen) atoms. The lowest BCUT2D eigenvalue weighted by molar-refractivity contribution is 0.927. The maximum Gasteiger partial charge on any atom is 0.239 e. The summed E-state index contributed by atoms with van der Waals surface area (Å²) in [4.78, 5) is 18.4. The second kappa shape index (κ2) is 11.5. The topological polar surface area (TPSA) is 48.5 Å². The summed E-state index contributed by atoms with van der Waals surface area (Å²) in [6.45, 7) is 0. The van der Waals surface area contributed by atoms with Crippen molar-refractivity contribution >= 4 is 76.1 Å². The number of nitrogens with zero attached hydrogens (tertiary/aromatic N) is 5. The summed E-state index contributed by atoms with van der Waals surface area (Å²) in [5.74, 6) is 1.85. The Morgan fingerprint density at radius 2 is 1.07 bits per heavy atom. The zero-order valence-electron chi connectivity index (χ0n) is 28.6. The standard InChI is InChI=1S/C47H27N5S2/c1-2-11-28(12-3-1)29-21-23-30(24-22-29)44-48-45(31-25-26-39-35(27-31)32-13-5-8-18-38(32)53-39)50-47(49-44)52-36-16-6-4-14-33(36)42-34-15-10-20-41-43(34)51(46(42)52)37-17-7-9-19-40(37)54-41/h1-27H. The van der Waals surface area contributed by atoms with Gasteiger partial charge in [0.2, 0.25) is 5.95 Å². The first-order valence-electron chi connectivity index (χ1n) is 17.9. The zero-order valence-corrected chi connectivity index (χ0v) is 30.3. The van der Waals surface area contributed by atoms with Gasteiger partial charge in [-0.25, -0.2) is 4.98 Å². The molecule has 0 bridgehead atoms. The molecule has 0 atom stereocenters. The van der Waals surface area contributed by atoms with E-state index in [9.17, 15) is 0 Å². The van der Waals surface area contributed by atoms with Crippen LogP contribution < -0.4 is 0 Å². The molecular weight excluding hydrogens is 699 g/mol. The molecule has 0 saturated carbocycles. The molecule has 5 nitrogen and oxygen atoms in total. The molecule has 0 amide bonds. The lowest BCUT2D eigenvalue weighted by atomic mass is 10.0. The SMILES string of the molecule is c1ccc(-c2ccc(-c3nc(-c4ccc5sc6ccccc6c5c4)nc(-n4c5ccccc5c5c6cccc7c6n(c54)-c4ccccc4S7)n3)cc2)cc1. The Labute approximate surface area is 317 Å². The Bertz CT molecular complexity index is 3300. The quantitative estimate of drug-likeness (QED) is 0.181. The largest absolute Gasteiger partial charge is 0.293 e. The van der Waals surface area contributed by atoms with Gasteiger partial charge in [0.15, 0.2) is 11.6 Å². The van der Waals surface area contributed by atoms with E-state index >= 15 is 0 Å². The predicted octanol–water partition coefficient (Wildman–Crippen LogP) is 12.7. The summed E-state index contributed by atoms with van der Waals surface area (Å²) in [5, 5.41) is 6.04. The molecule has 0 radical (unpaired) electrons. The van der Waals surface area contributed by atoms with Crippen molar-refractivity contribution in [3.8, 4) is 45.5 Å². The molecule has 0 unspecified atom stereocenters. The van der Waals surface area contributed by atoms with Crippen LogP contribution in [0.15, 0.2) is 174 Å². The first-order chi connectivity index (χ1) is 26.8. The van der Waals surface area contributed by atoms with E-state index in [0.29, 0.717) is 17.6 Å². The van der Waals surface area contributed by atoms with E-state index in [-0.39, 0.29) is 0 Å². The van der Waals surface area contributed by atoms with Crippen molar-refractivity contribution in [2.24, 2.45) is 0 Å². The summed E-state index contributed by atoms with van der Waals surface area (Å²) in [6.07, 6.45) is 0. The minimum atomic E-state index is 0.583. The number of benzene rings is 7. The van der Waals surface area contributed by atoms with Gasteiger partial charge in [-0.05, 0) is 59.7 Å². The molecular formula is C47H27N5S2. The highest BCUT2D eigenvalue weighted by Gasteiger charge is 2.29. The maximum atomic E-state index is 5.38. The van der Waals surface area contributed by atoms with Gasteiger partial charge in [-0.2, -0.15) is 9.97 Å². The van der Waals surface area contributed by atoms with Crippen LogP contribution in [-0.4, -0.2) is 24.1 Å². The minimum Gasteiger partial charge on any atom is -0.293 e. The van der Waals surface area contributed by atoms with Crippen LogP contribution in [0.5, 0.6) is 0 Å². The Balaban J connectivity index is 1.16. The molecule has 0 saturated heterocycles. The van der Waals surface area contributed by atoms with Crippen molar-refractivity contribution in [2.45, 2.75) is 9.79 Å². The van der Waals surface area contributed by atoms with Gasteiger partial charge in [0, 0.05) is 57.2 Å². The molecule has 7 aromatic carbocycles. The highest BCUT2D eigenvalue weighted by atomic mass is 32.2. The third kappa shape index (κ3) is 4.37. The van der Waals surface area contributed by atoms with Crippen LogP contribution in [0.4, 0.5) is 0 Å². The normalized spacial score (nSPS) is 12.4.